The summed E-state index contributed by atoms with van der Waals surface area (Å²) in [7, 11) is 0. The SMILES string of the molecule is C#CCNCc1cc(C)ccc1C. The smallest absolute Gasteiger partial charge is 0.0576 e. The molecule has 0 bridgehead atoms. The standard InChI is InChI=1S/C12H15N/c1-4-7-13-9-12-8-10(2)5-6-11(12)3/h1,5-6,8,13H,7,9H2,2-3H3. The maximum atomic E-state index is 5.15. The van der Waals surface area contributed by atoms with Crippen LogP contribution in [0.3, 0.4) is 0 Å². The van der Waals surface area contributed by atoms with E-state index in [1.807, 2.05) is 0 Å². The van der Waals surface area contributed by atoms with Crippen molar-refractivity contribution >= 4 is 0 Å². The first-order valence-corrected chi connectivity index (χ1v) is 4.44. The molecule has 0 fully saturated rings. The summed E-state index contributed by atoms with van der Waals surface area (Å²) in [6.07, 6.45) is 5.15. The van der Waals surface area contributed by atoms with Crippen LogP contribution in [0.2, 0.25) is 0 Å². The summed E-state index contributed by atoms with van der Waals surface area (Å²) in [6.45, 7) is 5.71. The number of nitrogens with one attached hydrogen (secondary N) is 1. The Bertz CT molecular complexity index is 320. The fourth-order valence-corrected chi connectivity index (χ4v) is 1.26. The zero-order valence-electron chi connectivity index (χ0n) is 8.22. The molecule has 0 unspecified atom stereocenters. The van der Waals surface area contributed by atoms with Crippen molar-refractivity contribution in [1.29, 1.82) is 0 Å². The zero-order chi connectivity index (χ0) is 9.68. The number of benzene rings is 1. The average Bonchev–Trinajstić information content (AvgIpc) is 2.11. The van der Waals surface area contributed by atoms with Gasteiger partial charge < -0.3 is 5.32 Å². The van der Waals surface area contributed by atoms with Crippen molar-refractivity contribution in [2.24, 2.45) is 0 Å². The van der Waals surface area contributed by atoms with E-state index in [2.05, 4.69) is 43.3 Å². The molecule has 1 nitrogen and oxygen atoms in total. The van der Waals surface area contributed by atoms with E-state index in [9.17, 15) is 0 Å². The Morgan fingerprint density at radius 3 is 2.85 bits per heavy atom. The van der Waals surface area contributed by atoms with Crippen LogP contribution in [0.5, 0.6) is 0 Å². The van der Waals surface area contributed by atoms with Gasteiger partial charge in [0.25, 0.3) is 0 Å². The van der Waals surface area contributed by atoms with Crippen molar-refractivity contribution < 1.29 is 0 Å². The molecule has 0 atom stereocenters. The van der Waals surface area contributed by atoms with E-state index >= 15 is 0 Å². The number of hydrogen-bond donors (Lipinski definition) is 1. The summed E-state index contributed by atoms with van der Waals surface area (Å²) in [4.78, 5) is 0. The number of hydrogen-bond acceptors (Lipinski definition) is 1. The molecule has 0 aliphatic heterocycles. The Morgan fingerprint density at radius 2 is 2.15 bits per heavy atom. The fraction of sp³-hybridized carbons (Fsp3) is 0.333. The van der Waals surface area contributed by atoms with Crippen molar-refractivity contribution in [3.8, 4) is 12.3 Å². The minimum absolute atomic E-state index is 0.632. The van der Waals surface area contributed by atoms with Gasteiger partial charge in [0.15, 0.2) is 0 Å². The zero-order valence-corrected chi connectivity index (χ0v) is 8.22. The molecule has 1 heteroatoms. The van der Waals surface area contributed by atoms with Crippen LogP contribution in [0, 0.1) is 26.2 Å². The van der Waals surface area contributed by atoms with Gasteiger partial charge >= 0.3 is 0 Å². The summed E-state index contributed by atoms with van der Waals surface area (Å²) in [5.41, 5.74) is 3.94. The van der Waals surface area contributed by atoms with Gasteiger partial charge in [-0.2, -0.15) is 0 Å². The van der Waals surface area contributed by atoms with Crippen LogP contribution in [0.25, 0.3) is 0 Å². The minimum Gasteiger partial charge on any atom is -0.302 e. The van der Waals surface area contributed by atoms with E-state index in [-0.39, 0.29) is 0 Å². The second kappa shape index (κ2) is 4.69. The summed E-state index contributed by atoms with van der Waals surface area (Å²) in [5.74, 6) is 2.56. The third-order valence-corrected chi connectivity index (χ3v) is 2.05. The highest BCUT2D eigenvalue weighted by molar-refractivity contribution is 5.30. The maximum Gasteiger partial charge on any atom is 0.0576 e. The lowest BCUT2D eigenvalue weighted by atomic mass is 10.1. The monoisotopic (exact) mass is 173 g/mol. The van der Waals surface area contributed by atoms with Crippen molar-refractivity contribution in [3.05, 3.63) is 34.9 Å². The topological polar surface area (TPSA) is 12.0 Å². The van der Waals surface area contributed by atoms with E-state index in [4.69, 9.17) is 6.42 Å². The molecule has 0 aliphatic carbocycles. The van der Waals surface area contributed by atoms with Gasteiger partial charge in [0.2, 0.25) is 0 Å². The van der Waals surface area contributed by atoms with Crippen molar-refractivity contribution in [2.45, 2.75) is 20.4 Å². The molecule has 1 rings (SSSR count). The number of aryl methyl sites for hydroxylation is 2. The normalized spacial score (nSPS) is 9.62. The molecule has 0 amide bonds. The molecular weight excluding hydrogens is 158 g/mol. The van der Waals surface area contributed by atoms with Gasteiger partial charge in [-0.25, -0.2) is 0 Å². The maximum absolute atomic E-state index is 5.15. The molecule has 0 heterocycles. The lowest BCUT2D eigenvalue weighted by Gasteiger charge is -2.06. The number of terminal acetylenes is 1. The van der Waals surface area contributed by atoms with E-state index in [1.165, 1.54) is 16.7 Å². The van der Waals surface area contributed by atoms with E-state index in [0.717, 1.165) is 6.54 Å². The Morgan fingerprint density at radius 1 is 1.38 bits per heavy atom. The second-order valence-corrected chi connectivity index (χ2v) is 3.24. The lowest BCUT2D eigenvalue weighted by molar-refractivity contribution is 0.765. The molecule has 13 heavy (non-hydrogen) atoms. The molecule has 0 saturated heterocycles. The highest BCUT2D eigenvalue weighted by Gasteiger charge is 1.96. The van der Waals surface area contributed by atoms with Crippen molar-refractivity contribution in [1.82, 2.24) is 5.32 Å². The molecule has 0 aromatic heterocycles. The Balaban J connectivity index is 2.65. The van der Waals surface area contributed by atoms with Crippen LogP contribution >= 0.6 is 0 Å². The minimum atomic E-state index is 0.632. The van der Waals surface area contributed by atoms with Gasteiger partial charge in [-0.05, 0) is 25.0 Å². The van der Waals surface area contributed by atoms with Crippen LogP contribution in [-0.4, -0.2) is 6.54 Å². The van der Waals surface area contributed by atoms with Gasteiger partial charge in [-0.15, -0.1) is 6.42 Å². The summed E-state index contributed by atoms with van der Waals surface area (Å²) in [5, 5.41) is 3.18. The predicted octanol–water partition coefficient (Wildman–Crippen LogP) is 2.03. The molecule has 0 spiro atoms. The molecule has 1 aromatic rings. The first-order chi connectivity index (χ1) is 6.24. The fourth-order valence-electron chi connectivity index (χ4n) is 1.26. The van der Waals surface area contributed by atoms with Crippen LogP contribution in [0.15, 0.2) is 18.2 Å². The number of rotatable bonds is 3. The largest absolute Gasteiger partial charge is 0.302 e. The van der Waals surface area contributed by atoms with Crippen molar-refractivity contribution in [2.75, 3.05) is 6.54 Å². The molecule has 0 radical (unpaired) electrons. The third-order valence-electron chi connectivity index (χ3n) is 2.05. The van der Waals surface area contributed by atoms with E-state index in [0.29, 0.717) is 6.54 Å². The Hall–Kier alpha value is -1.26. The Labute approximate surface area is 80.2 Å². The van der Waals surface area contributed by atoms with Gasteiger partial charge in [0.05, 0.1) is 6.54 Å². The summed E-state index contributed by atoms with van der Waals surface area (Å²) in [6, 6.07) is 6.46. The average molecular weight is 173 g/mol. The van der Waals surface area contributed by atoms with Crippen LogP contribution in [-0.2, 0) is 6.54 Å². The molecule has 0 saturated carbocycles. The predicted molar refractivity (Wildman–Crippen MR) is 56.5 cm³/mol. The second-order valence-electron chi connectivity index (χ2n) is 3.24. The van der Waals surface area contributed by atoms with Gasteiger partial charge in [0.1, 0.15) is 0 Å². The summed E-state index contributed by atoms with van der Waals surface area (Å²) >= 11 is 0. The quantitative estimate of drug-likeness (QED) is 0.544. The van der Waals surface area contributed by atoms with Crippen LogP contribution < -0.4 is 5.32 Å². The molecular formula is C12H15N. The highest BCUT2D eigenvalue weighted by atomic mass is 14.8. The first-order valence-electron chi connectivity index (χ1n) is 4.44. The van der Waals surface area contributed by atoms with Crippen LogP contribution in [0.1, 0.15) is 16.7 Å². The lowest BCUT2D eigenvalue weighted by Crippen LogP contribution is -2.13. The molecule has 68 valence electrons. The molecule has 0 aliphatic rings. The summed E-state index contributed by atoms with van der Waals surface area (Å²) < 4.78 is 0. The van der Waals surface area contributed by atoms with Gasteiger partial charge in [-0.1, -0.05) is 29.7 Å². The third kappa shape index (κ3) is 2.93. The van der Waals surface area contributed by atoms with Gasteiger partial charge in [0, 0.05) is 6.54 Å². The van der Waals surface area contributed by atoms with E-state index < -0.39 is 0 Å². The first kappa shape index (κ1) is 9.83. The van der Waals surface area contributed by atoms with Gasteiger partial charge in [-0.3, -0.25) is 0 Å². The van der Waals surface area contributed by atoms with Crippen LogP contribution in [0.4, 0.5) is 0 Å². The highest BCUT2D eigenvalue weighted by Crippen LogP contribution is 2.09. The Kier molecular flexibility index (Phi) is 3.54. The molecule has 1 aromatic carbocycles. The van der Waals surface area contributed by atoms with E-state index in [1.54, 1.807) is 0 Å². The molecule has 1 N–H and O–H groups in total. The van der Waals surface area contributed by atoms with Crippen molar-refractivity contribution in [3.63, 3.8) is 0 Å².